The molecule has 0 unspecified atom stereocenters. The minimum Gasteiger partial charge on any atom is -0.489 e. The molecule has 0 aliphatic heterocycles. The molecule has 1 aromatic heterocycles. The Balaban J connectivity index is 1.34. The summed E-state index contributed by atoms with van der Waals surface area (Å²) in [5.41, 5.74) is 0.859. The number of hydrogen-bond acceptors (Lipinski definition) is 3. The number of fused-ring (bicyclic) bond motifs is 1. The van der Waals surface area contributed by atoms with Crippen molar-refractivity contribution in [3.05, 3.63) is 73.6 Å². The normalized spacial score (nSPS) is 19.4. The van der Waals surface area contributed by atoms with Gasteiger partial charge >= 0.3 is 0 Å². The predicted molar refractivity (Wildman–Crippen MR) is 120 cm³/mol. The summed E-state index contributed by atoms with van der Waals surface area (Å²) in [6.45, 7) is 0.695. The molecule has 0 amide bonds. The van der Waals surface area contributed by atoms with Gasteiger partial charge in [-0.05, 0) is 73.0 Å². The Labute approximate surface area is 184 Å². The van der Waals surface area contributed by atoms with Gasteiger partial charge in [0.05, 0.1) is 11.1 Å². The standard InChI is InChI=1S/C22H21Cl3N2O2/c23-15-1-6-19(24)14(9-15)12-27-16-2-4-17(5-3-16)29-21-10-13-7-8-26-22(28)18(13)11-20(21)25/h1,6-11,16-17,27H,2-5,12H2,(H,26,28). The van der Waals surface area contributed by atoms with Gasteiger partial charge in [-0.3, -0.25) is 4.79 Å². The molecule has 29 heavy (non-hydrogen) atoms. The van der Waals surface area contributed by atoms with E-state index in [-0.39, 0.29) is 11.7 Å². The lowest BCUT2D eigenvalue weighted by molar-refractivity contribution is 0.139. The highest BCUT2D eigenvalue weighted by molar-refractivity contribution is 6.33. The summed E-state index contributed by atoms with van der Waals surface area (Å²) in [4.78, 5) is 14.6. The van der Waals surface area contributed by atoms with Crippen LogP contribution in [0.3, 0.4) is 0 Å². The molecule has 0 saturated heterocycles. The maximum atomic E-state index is 11.9. The number of aromatic nitrogens is 1. The van der Waals surface area contributed by atoms with E-state index in [1.165, 1.54) is 0 Å². The largest absolute Gasteiger partial charge is 0.489 e. The lowest BCUT2D eigenvalue weighted by atomic mass is 9.92. The van der Waals surface area contributed by atoms with Crippen LogP contribution in [-0.2, 0) is 6.54 Å². The molecular formula is C22H21Cl3N2O2. The fraction of sp³-hybridized carbons (Fsp3) is 0.318. The molecule has 0 bridgehead atoms. The first kappa shape index (κ1) is 20.5. The molecule has 1 fully saturated rings. The van der Waals surface area contributed by atoms with Gasteiger partial charge in [0, 0.05) is 34.2 Å². The van der Waals surface area contributed by atoms with Crippen LogP contribution in [0.25, 0.3) is 10.8 Å². The average molecular weight is 452 g/mol. The number of halogens is 3. The zero-order chi connectivity index (χ0) is 20.4. The molecular weight excluding hydrogens is 431 g/mol. The van der Waals surface area contributed by atoms with E-state index in [1.807, 2.05) is 24.3 Å². The Kier molecular flexibility index (Phi) is 6.35. The van der Waals surface area contributed by atoms with Crippen molar-refractivity contribution in [1.82, 2.24) is 10.3 Å². The molecule has 4 rings (SSSR count). The number of hydrogen-bond donors (Lipinski definition) is 2. The maximum absolute atomic E-state index is 11.9. The molecule has 1 aliphatic rings. The lowest BCUT2D eigenvalue weighted by Crippen LogP contribution is -2.36. The molecule has 7 heteroatoms. The van der Waals surface area contributed by atoms with Gasteiger partial charge in [-0.2, -0.15) is 0 Å². The topological polar surface area (TPSA) is 54.1 Å². The van der Waals surface area contributed by atoms with Gasteiger partial charge in [0.2, 0.25) is 0 Å². The van der Waals surface area contributed by atoms with E-state index in [0.717, 1.165) is 41.7 Å². The Bertz CT molecular complexity index is 1080. The highest BCUT2D eigenvalue weighted by atomic mass is 35.5. The number of aromatic amines is 1. The Morgan fingerprint density at radius 1 is 1.00 bits per heavy atom. The zero-order valence-corrected chi connectivity index (χ0v) is 17.9. The summed E-state index contributed by atoms with van der Waals surface area (Å²) in [6.07, 6.45) is 5.63. The minimum atomic E-state index is -0.151. The van der Waals surface area contributed by atoms with Crippen LogP contribution in [0.2, 0.25) is 15.1 Å². The minimum absolute atomic E-state index is 0.111. The summed E-state index contributed by atoms with van der Waals surface area (Å²) >= 11 is 18.7. The van der Waals surface area contributed by atoms with Crippen LogP contribution in [0.1, 0.15) is 31.2 Å². The van der Waals surface area contributed by atoms with E-state index in [0.29, 0.717) is 33.8 Å². The molecule has 0 radical (unpaired) electrons. The number of nitrogens with one attached hydrogen (secondary N) is 2. The molecule has 152 valence electrons. The molecule has 1 saturated carbocycles. The summed E-state index contributed by atoms with van der Waals surface area (Å²) < 4.78 is 6.17. The molecule has 4 nitrogen and oxygen atoms in total. The predicted octanol–water partition coefficient (Wildman–Crippen LogP) is 5.97. The van der Waals surface area contributed by atoms with Gasteiger partial charge in [0.25, 0.3) is 5.56 Å². The van der Waals surface area contributed by atoms with Crippen molar-refractivity contribution in [1.29, 1.82) is 0 Å². The van der Waals surface area contributed by atoms with Gasteiger partial charge < -0.3 is 15.0 Å². The monoisotopic (exact) mass is 450 g/mol. The van der Waals surface area contributed by atoms with E-state index in [9.17, 15) is 4.79 Å². The lowest BCUT2D eigenvalue weighted by Gasteiger charge is -2.30. The molecule has 1 aliphatic carbocycles. The summed E-state index contributed by atoms with van der Waals surface area (Å²) in [5, 5.41) is 6.84. The number of benzene rings is 2. The van der Waals surface area contributed by atoms with E-state index in [2.05, 4.69) is 10.3 Å². The second-order valence-electron chi connectivity index (χ2n) is 7.38. The van der Waals surface area contributed by atoms with Gasteiger partial charge in [0.1, 0.15) is 5.75 Å². The quantitative estimate of drug-likeness (QED) is 0.502. The van der Waals surface area contributed by atoms with Crippen LogP contribution in [0.5, 0.6) is 5.75 Å². The Morgan fingerprint density at radius 3 is 2.59 bits per heavy atom. The Hall–Kier alpha value is -1.72. The maximum Gasteiger partial charge on any atom is 0.255 e. The van der Waals surface area contributed by atoms with E-state index in [4.69, 9.17) is 39.5 Å². The number of H-pyrrole nitrogens is 1. The molecule has 0 atom stereocenters. The molecule has 3 aromatic rings. The first-order chi connectivity index (χ1) is 14.0. The average Bonchev–Trinajstić information content (AvgIpc) is 2.71. The first-order valence-electron chi connectivity index (χ1n) is 9.64. The van der Waals surface area contributed by atoms with Crippen molar-refractivity contribution in [3.63, 3.8) is 0 Å². The molecule has 1 heterocycles. The van der Waals surface area contributed by atoms with E-state index >= 15 is 0 Å². The summed E-state index contributed by atoms with van der Waals surface area (Å²) in [6, 6.07) is 11.3. The highest BCUT2D eigenvalue weighted by Crippen LogP contribution is 2.32. The van der Waals surface area contributed by atoms with Crippen LogP contribution in [0.15, 0.2) is 47.4 Å². The van der Waals surface area contributed by atoms with Crippen molar-refractivity contribution < 1.29 is 4.74 Å². The zero-order valence-electron chi connectivity index (χ0n) is 15.7. The number of pyridine rings is 1. The van der Waals surface area contributed by atoms with Crippen molar-refractivity contribution >= 4 is 45.6 Å². The van der Waals surface area contributed by atoms with Crippen molar-refractivity contribution in [3.8, 4) is 5.75 Å². The van der Waals surface area contributed by atoms with Crippen molar-refractivity contribution in [2.75, 3.05) is 0 Å². The summed E-state index contributed by atoms with van der Waals surface area (Å²) in [7, 11) is 0. The van der Waals surface area contributed by atoms with E-state index in [1.54, 1.807) is 18.3 Å². The Morgan fingerprint density at radius 2 is 1.79 bits per heavy atom. The molecule has 2 aromatic carbocycles. The third-order valence-corrected chi connectivity index (χ3v) is 6.28. The van der Waals surface area contributed by atoms with Gasteiger partial charge in [-0.25, -0.2) is 0 Å². The second kappa shape index (κ2) is 8.97. The smallest absolute Gasteiger partial charge is 0.255 e. The molecule has 2 N–H and O–H groups in total. The third kappa shape index (κ3) is 4.89. The second-order valence-corrected chi connectivity index (χ2v) is 8.64. The van der Waals surface area contributed by atoms with Gasteiger partial charge in [-0.1, -0.05) is 34.8 Å². The number of ether oxygens (including phenoxy) is 1. The van der Waals surface area contributed by atoms with Crippen LogP contribution in [0, 0.1) is 0 Å². The highest BCUT2D eigenvalue weighted by Gasteiger charge is 2.23. The van der Waals surface area contributed by atoms with Crippen molar-refractivity contribution in [2.45, 2.75) is 44.4 Å². The molecule has 0 spiro atoms. The fourth-order valence-corrected chi connectivity index (χ4v) is 4.36. The van der Waals surface area contributed by atoms with Crippen LogP contribution < -0.4 is 15.6 Å². The van der Waals surface area contributed by atoms with Gasteiger partial charge in [-0.15, -0.1) is 0 Å². The fourth-order valence-electron chi connectivity index (χ4n) is 3.78. The SMILES string of the molecule is O=c1[nH]ccc2cc(OC3CCC(NCc4cc(Cl)ccc4Cl)CC3)c(Cl)cc12. The third-order valence-electron chi connectivity index (χ3n) is 5.38. The number of rotatable bonds is 5. The van der Waals surface area contributed by atoms with Crippen LogP contribution in [-0.4, -0.2) is 17.1 Å². The van der Waals surface area contributed by atoms with Crippen molar-refractivity contribution in [2.24, 2.45) is 0 Å². The summed E-state index contributed by atoms with van der Waals surface area (Å²) in [5.74, 6) is 0.631. The van der Waals surface area contributed by atoms with Crippen LogP contribution >= 0.6 is 34.8 Å². The first-order valence-corrected chi connectivity index (χ1v) is 10.8. The van der Waals surface area contributed by atoms with E-state index < -0.39 is 0 Å². The van der Waals surface area contributed by atoms with Crippen LogP contribution in [0.4, 0.5) is 0 Å². The van der Waals surface area contributed by atoms with Gasteiger partial charge in [0.15, 0.2) is 0 Å².